The fourth-order valence-corrected chi connectivity index (χ4v) is 8.73. The molecule has 1 N–H and O–H groups in total. The Morgan fingerprint density at radius 1 is 0.812 bits per heavy atom. The van der Waals surface area contributed by atoms with Gasteiger partial charge in [-0.3, -0.25) is 0 Å². The summed E-state index contributed by atoms with van der Waals surface area (Å²) < 4.78 is 32.0. The predicted molar refractivity (Wildman–Crippen MR) is 135 cm³/mol. The van der Waals surface area contributed by atoms with Crippen molar-refractivity contribution in [1.29, 1.82) is 0 Å². The fourth-order valence-electron chi connectivity index (χ4n) is 2.36. The van der Waals surface area contributed by atoms with Gasteiger partial charge in [-0.15, -0.1) is 0 Å². The molecule has 0 heterocycles. The highest BCUT2D eigenvalue weighted by Crippen LogP contribution is 2.66. The molecule has 0 aliphatic rings. The highest BCUT2D eigenvalue weighted by atomic mass is 32.5. The van der Waals surface area contributed by atoms with E-state index in [2.05, 4.69) is 5.32 Å². The van der Waals surface area contributed by atoms with Crippen LogP contribution in [-0.4, -0.2) is 39.6 Å². The lowest BCUT2D eigenvalue weighted by atomic mass is 10.1. The Balaban J connectivity index is 0.000000321. The lowest BCUT2D eigenvalue weighted by molar-refractivity contribution is 0.176. The number of rotatable bonds is 11. The summed E-state index contributed by atoms with van der Waals surface area (Å²) in [6, 6.07) is 13.4. The molecule has 0 saturated heterocycles. The molecule has 0 radical (unpaired) electrons. The predicted octanol–water partition coefficient (Wildman–Crippen LogP) is 6.16. The van der Waals surface area contributed by atoms with Gasteiger partial charge in [0.25, 0.3) is 0 Å². The van der Waals surface area contributed by atoms with E-state index < -0.39 is 19.5 Å². The van der Waals surface area contributed by atoms with Crippen molar-refractivity contribution in [3.05, 3.63) is 42.5 Å². The summed E-state index contributed by atoms with van der Waals surface area (Å²) in [6.07, 6.45) is -0.452. The Hall–Kier alpha value is -0.930. The smallest absolute Gasteiger partial charge is 0.410 e. The number of benzene rings is 2. The van der Waals surface area contributed by atoms with Crippen LogP contribution in [0.4, 0.5) is 4.79 Å². The van der Waals surface area contributed by atoms with E-state index in [4.69, 9.17) is 50.8 Å². The van der Waals surface area contributed by atoms with Crippen LogP contribution in [0.2, 0.25) is 0 Å². The van der Waals surface area contributed by atoms with Gasteiger partial charge in [-0.05, 0) is 62.8 Å². The first-order valence-corrected chi connectivity index (χ1v) is 15.2. The molecule has 0 spiro atoms. The van der Waals surface area contributed by atoms with E-state index in [1.54, 1.807) is 6.07 Å². The van der Waals surface area contributed by atoms with Crippen molar-refractivity contribution in [2.24, 2.45) is 0 Å². The second-order valence-corrected chi connectivity index (χ2v) is 11.9. The molecule has 2 aromatic rings. The summed E-state index contributed by atoms with van der Waals surface area (Å²) >= 11 is 10.4. The summed E-state index contributed by atoms with van der Waals surface area (Å²) in [5.41, 5.74) is 0. The Kier molecular flexibility index (Phi) is 13.7. The normalized spacial score (nSPS) is 11.5. The van der Waals surface area contributed by atoms with Crippen LogP contribution in [0.5, 0.6) is 5.75 Å². The molecular formula is C20H31NO7P2S2. The molecule has 180 valence electrons. The highest BCUT2D eigenvalue weighted by Gasteiger charge is 2.31. The highest BCUT2D eigenvalue weighted by molar-refractivity contribution is 8.14. The Labute approximate surface area is 200 Å². The first kappa shape index (κ1) is 29.1. The van der Waals surface area contributed by atoms with Gasteiger partial charge >= 0.3 is 19.5 Å². The molecule has 0 bridgehead atoms. The quantitative estimate of drug-likeness (QED) is 0.348. The average Bonchev–Trinajstić information content (AvgIpc) is 2.74. The average molecular weight is 524 g/mol. The van der Waals surface area contributed by atoms with Crippen LogP contribution >= 0.6 is 13.4 Å². The molecule has 0 aliphatic carbocycles. The zero-order chi connectivity index (χ0) is 24.0. The van der Waals surface area contributed by atoms with E-state index in [0.717, 1.165) is 10.8 Å². The molecule has 0 aliphatic heterocycles. The summed E-state index contributed by atoms with van der Waals surface area (Å²) in [7, 11) is 1.54. The maximum absolute atomic E-state index is 11.1. The minimum absolute atomic E-state index is 0.394. The number of amides is 1. The van der Waals surface area contributed by atoms with Gasteiger partial charge in [-0.1, -0.05) is 36.4 Å². The molecule has 32 heavy (non-hydrogen) atoms. The van der Waals surface area contributed by atoms with Gasteiger partial charge < -0.3 is 28.1 Å². The first-order chi connectivity index (χ1) is 15.3. The van der Waals surface area contributed by atoms with Crippen LogP contribution in [0.1, 0.15) is 27.7 Å². The van der Waals surface area contributed by atoms with Crippen molar-refractivity contribution in [2.45, 2.75) is 27.7 Å². The van der Waals surface area contributed by atoms with E-state index in [0.29, 0.717) is 32.2 Å². The van der Waals surface area contributed by atoms with Gasteiger partial charge in [-0.25, -0.2) is 9.11 Å². The molecular weight excluding hydrogens is 492 g/mol. The van der Waals surface area contributed by atoms with E-state index >= 15 is 0 Å². The van der Waals surface area contributed by atoms with Gasteiger partial charge in [-0.2, -0.15) is 0 Å². The largest absolute Gasteiger partial charge is 0.412 e. The summed E-state index contributed by atoms with van der Waals surface area (Å²) in [5, 5.41) is 4.41. The van der Waals surface area contributed by atoms with Crippen molar-refractivity contribution in [2.75, 3.05) is 33.5 Å². The monoisotopic (exact) mass is 523 g/mol. The molecule has 2 rings (SSSR count). The van der Waals surface area contributed by atoms with Crippen molar-refractivity contribution >= 4 is 53.9 Å². The minimum Gasteiger partial charge on any atom is -0.410 e. The summed E-state index contributed by atoms with van der Waals surface area (Å²) in [4.78, 5) is 11.1. The van der Waals surface area contributed by atoms with Gasteiger partial charge in [0.1, 0.15) is 5.75 Å². The van der Waals surface area contributed by atoms with E-state index in [-0.39, 0.29) is 0 Å². The third-order valence-electron chi connectivity index (χ3n) is 3.51. The Bertz CT molecular complexity index is 892. The molecule has 0 aromatic heterocycles. The van der Waals surface area contributed by atoms with Crippen LogP contribution in [0.15, 0.2) is 42.5 Å². The van der Waals surface area contributed by atoms with Crippen LogP contribution in [0.3, 0.4) is 0 Å². The van der Waals surface area contributed by atoms with Crippen molar-refractivity contribution in [3.8, 4) is 5.75 Å². The molecule has 0 unspecified atom stereocenters. The molecule has 0 saturated carbocycles. The van der Waals surface area contributed by atoms with Gasteiger partial charge in [0.2, 0.25) is 0 Å². The first-order valence-electron chi connectivity index (χ1n) is 10.1. The second kappa shape index (κ2) is 15.1. The van der Waals surface area contributed by atoms with Crippen LogP contribution in [-0.2, 0) is 46.0 Å². The Morgan fingerprint density at radius 2 is 1.28 bits per heavy atom. The van der Waals surface area contributed by atoms with Crippen molar-refractivity contribution in [1.82, 2.24) is 5.32 Å². The van der Waals surface area contributed by atoms with Crippen LogP contribution in [0, 0.1) is 0 Å². The molecule has 12 heteroatoms. The number of carbonyl (C=O) groups excluding carboxylic acids is 1. The Morgan fingerprint density at radius 3 is 1.75 bits per heavy atom. The molecule has 0 atom stereocenters. The van der Waals surface area contributed by atoms with E-state index in [9.17, 15) is 4.79 Å². The number of carbonyl (C=O) groups is 1. The summed E-state index contributed by atoms with van der Waals surface area (Å²) in [5.74, 6) is 0.576. The number of fused-ring (bicyclic) bond motifs is 1. The minimum atomic E-state index is -2.87. The zero-order valence-electron chi connectivity index (χ0n) is 18.9. The maximum atomic E-state index is 11.1. The zero-order valence-corrected chi connectivity index (χ0v) is 22.4. The third-order valence-corrected chi connectivity index (χ3v) is 9.87. The lowest BCUT2D eigenvalue weighted by Crippen LogP contribution is -2.22. The molecule has 0 fully saturated rings. The summed E-state index contributed by atoms with van der Waals surface area (Å²) in [6.45, 7) is 3.09. The maximum Gasteiger partial charge on any atom is 0.412 e. The topological polar surface area (TPSA) is 84.5 Å². The standard InChI is InChI=1S/C12H11NO2.C8H20O5P2S2/c1-13-12(14)15-11-8-4-6-9-5-2-3-7-10(9)11;1-5-9-14(16,10-6-2)13-15(17,11-7-3)12-8-4/h2-8H,1H3,(H,13,14);5-8H2,1-4H3. The number of ether oxygens (including phenoxy) is 1. The number of nitrogens with one attached hydrogen (secondary N) is 1. The van der Waals surface area contributed by atoms with Gasteiger partial charge in [0.15, 0.2) is 0 Å². The second-order valence-electron chi connectivity index (χ2n) is 5.76. The van der Waals surface area contributed by atoms with Crippen LogP contribution in [0.25, 0.3) is 10.8 Å². The van der Waals surface area contributed by atoms with Gasteiger partial charge in [0.05, 0.1) is 26.4 Å². The fraction of sp³-hybridized carbons (Fsp3) is 0.450. The number of hydrogen-bond donors (Lipinski definition) is 1. The van der Waals surface area contributed by atoms with Gasteiger partial charge in [0, 0.05) is 12.4 Å². The van der Waals surface area contributed by atoms with Crippen LogP contribution < -0.4 is 10.1 Å². The third kappa shape index (κ3) is 9.91. The van der Waals surface area contributed by atoms with E-state index in [1.165, 1.54) is 7.05 Å². The van der Waals surface area contributed by atoms with Crippen molar-refractivity contribution < 1.29 is 31.9 Å². The SMILES string of the molecule is CCOP(=S)(OCC)OP(=S)(OCC)OCC.CNC(=O)Oc1cccc2ccccc12. The van der Waals surface area contributed by atoms with Crippen molar-refractivity contribution in [3.63, 3.8) is 0 Å². The lowest BCUT2D eigenvalue weighted by Gasteiger charge is -2.27. The van der Waals surface area contributed by atoms with E-state index in [1.807, 2.05) is 64.1 Å². The molecule has 2 aromatic carbocycles. The number of hydrogen-bond acceptors (Lipinski definition) is 9. The molecule has 8 nitrogen and oxygen atoms in total. The molecule has 1 amide bonds.